The van der Waals surface area contributed by atoms with Crippen molar-refractivity contribution < 1.29 is 18.7 Å². The van der Waals surface area contributed by atoms with Crippen LogP contribution in [0.4, 0.5) is 15.0 Å². The van der Waals surface area contributed by atoms with E-state index in [4.69, 9.17) is 9.47 Å². The molecule has 3 aromatic heterocycles. The summed E-state index contributed by atoms with van der Waals surface area (Å²) >= 11 is 0. The highest BCUT2D eigenvalue weighted by Gasteiger charge is 2.24. The highest BCUT2D eigenvalue weighted by atomic mass is 19.1. The van der Waals surface area contributed by atoms with Crippen molar-refractivity contribution in [3.05, 3.63) is 64.2 Å². The van der Waals surface area contributed by atoms with Crippen LogP contribution in [0.5, 0.6) is 5.75 Å². The van der Waals surface area contributed by atoms with Gasteiger partial charge in [-0.05, 0) is 12.2 Å². The Bertz CT molecular complexity index is 1370. The molecule has 0 spiro atoms. The highest BCUT2D eigenvalue weighted by molar-refractivity contribution is 5.89. The number of hydrogen-bond acceptors (Lipinski definition) is 7. The fourth-order valence-electron chi connectivity index (χ4n) is 3.37. The van der Waals surface area contributed by atoms with E-state index in [-0.39, 0.29) is 35.5 Å². The molecule has 3 N–H and O–H groups in total. The first-order valence-corrected chi connectivity index (χ1v) is 10.9. The molecule has 0 saturated carbocycles. The van der Waals surface area contributed by atoms with E-state index >= 15 is 0 Å². The molecule has 184 valence electrons. The van der Waals surface area contributed by atoms with Crippen molar-refractivity contribution in [2.45, 2.75) is 45.5 Å². The molecule has 0 bridgehead atoms. The van der Waals surface area contributed by atoms with E-state index in [0.717, 1.165) is 11.9 Å². The molecule has 12 heteroatoms. The maximum Gasteiger partial charge on any atom is 0.324 e. The number of methoxy groups -OCH3 is 1. The first kappa shape index (κ1) is 24.1. The van der Waals surface area contributed by atoms with Crippen LogP contribution in [0, 0.1) is 0 Å². The van der Waals surface area contributed by atoms with Crippen molar-refractivity contribution in [1.82, 2.24) is 30.0 Å². The molecule has 4 rings (SSSR count). The Morgan fingerprint density at radius 2 is 2.09 bits per heavy atom. The lowest BCUT2D eigenvalue weighted by Gasteiger charge is -2.20. The standard InChI is InChI=1S/C23H26FN7O4/c1-23(2,3)17-10-18(31(30-17)12-34-4)28-22(33)27-15-6-5-13(9-14(15)24)35-16-7-8-25-21-20(16)26-11-19(32)29-21/h5-8,10-11,14H,9,12H2,1-4H3,(H,25,29,32)(H2,27,28,33). The number of H-pyrrole nitrogens is 1. The topological polar surface area (TPSA) is 136 Å². The monoisotopic (exact) mass is 483 g/mol. The largest absolute Gasteiger partial charge is 0.459 e. The quantitative estimate of drug-likeness (QED) is 0.490. The van der Waals surface area contributed by atoms with Gasteiger partial charge in [-0.2, -0.15) is 5.10 Å². The number of hydrogen-bond donors (Lipinski definition) is 3. The van der Waals surface area contributed by atoms with E-state index in [2.05, 4.69) is 30.7 Å². The van der Waals surface area contributed by atoms with Gasteiger partial charge in [0.05, 0.1) is 17.6 Å². The smallest absolute Gasteiger partial charge is 0.324 e. The van der Waals surface area contributed by atoms with Crippen LogP contribution in [0.25, 0.3) is 11.2 Å². The lowest BCUT2D eigenvalue weighted by Crippen LogP contribution is -2.34. The number of aromatic amines is 1. The second kappa shape index (κ2) is 9.66. The fourth-order valence-corrected chi connectivity index (χ4v) is 3.37. The number of anilines is 1. The predicted molar refractivity (Wildman–Crippen MR) is 127 cm³/mol. The van der Waals surface area contributed by atoms with Gasteiger partial charge >= 0.3 is 6.03 Å². The average molecular weight is 484 g/mol. The molecule has 0 saturated heterocycles. The molecule has 0 fully saturated rings. The van der Waals surface area contributed by atoms with Crippen LogP contribution in [0.2, 0.25) is 0 Å². The summed E-state index contributed by atoms with van der Waals surface area (Å²) in [7, 11) is 1.53. The van der Waals surface area contributed by atoms with E-state index in [1.165, 1.54) is 24.1 Å². The van der Waals surface area contributed by atoms with Gasteiger partial charge in [-0.25, -0.2) is 23.8 Å². The minimum absolute atomic E-state index is 0.0887. The minimum atomic E-state index is -1.50. The zero-order valence-corrected chi connectivity index (χ0v) is 19.8. The van der Waals surface area contributed by atoms with Gasteiger partial charge in [0.1, 0.15) is 30.0 Å². The third-order valence-electron chi connectivity index (χ3n) is 5.15. The molecule has 1 atom stereocenters. The second-order valence-corrected chi connectivity index (χ2v) is 8.94. The Balaban J connectivity index is 1.46. The Morgan fingerprint density at radius 3 is 2.80 bits per heavy atom. The number of alkyl halides is 1. The number of rotatable bonds is 6. The van der Waals surface area contributed by atoms with Gasteiger partial charge in [0, 0.05) is 37.3 Å². The van der Waals surface area contributed by atoms with Crippen LogP contribution in [-0.2, 0) is 16.9 Å². The van der Waals surface area contributed by atoms with Crippen LogP contribution in [0.15, 0.2) is 52.9 Å². The summed E-state index contributed by atoms with van der Waals surface area (Å²) in [6.45, 7) is 6.17. The van der Waals surface area contributed by atoms with Gasteiger partial charge in [-0.3, -0.25) is 10.1 Å². The number of fused-ring (bicyclic) bond motifs is 1. The van der Waals surface area contributed by atoms with Gasteiger partial charge in [0.25, 0.3) is 5.56 Å². The number of carbonyl (C=O) groups is 1. The average Bonchev–Trinajstić information content (AvgIpc) is 3.18. The third-order valence-corrected chi connectivity index (χ3v) is 5.15. The van der Waals surface area contributed by atoms with Crippen molar-refractivity contribution in [3.63, 3.8) is 0 Å². The molecule has 1 unspecified atom stereocenters. The van der Waals surface area contributed by atoms with Crippen molar-refractivity contribution in [3.8, 4) is 5.75 Å². The normalized spacial score (nSPS) is 16.0. The number of amides is 2. The van der Waals surface area contributed by atoms with Crippen molar-refractivity contribution in [2.75, 3.05) is 12.4 Å². The maximum absolute atomic E-state index is 14.9. The number of carbonyl (C=O) groups excluding carboxylic acids is 1. The van der Waals surface area contributed by atoms with Gasteiger partial charge < -0.3 is 19.8 Å². The number of nitrogens with zero attached hydrogens (tertiary/aromatic N) is 4. The molecule has 0 aliphatic heterocycles. The van der Waals surface area contributed by atoms with Gasteiger partial charge in [-0.1, -0.05) is 20.8 Å². The van der Waals surface area contributed by atoms with Gasteiger partial charge in [0.2, 0.25) is 0 Å². The lowest BCUT2D eigenvalue weighted by atomic mass is 9.92. The number of urea groups is 1. The number of halogens is 1. The summed E-state index contributed by atoms with van der Waals surface area (Å²) < 4.78 is 27.4. The molecule has 1 aliphatic rings. The van der Waals surface area contributed by atoms with Crippen molar-refractivity contribution >= 4 is 23.0 Å². The number of ether oxygens (including phenoxy) is 2. The molecule has 11 nitrogen and oxygen atoms in total. The summed E-state index contributed by atoms with van der Waals surface area (Å²) in [5, 5.41) is 9.71. The van der Waals surface area contributed by atoms with Crippen molar-refractivity contribution in [2.24, 2.45) is 0 Å². The number of allylic oxidation sites excluding steroid dienone is 4. The van der Waals surface area contributed by atoms with E-state index < -0.39 is 12.2 Å². The Kier molecular flexibility index (Phi) is 6.65. The Labute approximate surface area is 200 Å². The number of aromatic nitrogens is 5. The summed E-state index contributed by atoms with van der Waals surface area (Å²) in [4.78, 5) is 34.7. The zero-order chi connectivity index (χ0) is 25.2. The Morgan fingerprint density at radius 1 is 1.29 bits per heavy atom. The molecular formula is C23H26FN7O4. The zero-order valence-electron chi connectivity index (χ0n) is 19.8. The van der Waals surface area contributed by atoms with E-state index in [9.17, 15) is 14.0 Å². The van der Waals surface area contributed by atoms with Crippen LogP contribution >= 0.6 is 0 Å². The highest BCUT2D eigenvalue weighted by Crippen LogP contribution is 2.27. The first-order chi connectivity index (χ1) is 16.6. The molecule has 2 amide bonds. The Hall–Kier alpha value is -4.06. The molecule has 3 heterocycles. The van der Waals surface area contributed by atoms with Crippen molar-refractivity contribution in [1.29, 1.82) is 0 Å². The van der Waals surface area contributed by atoms with Crippen LogP contribution in [0.1, 0.15) is 32.9 Å². The maximum atomic E-state index is 14.9. The third kappa shape index (κ3) is 5.54. The van der Waals surface area contributed by atoms with E-state index in [0.29, 0.717) is 22.8 Å². The van der Waals surface area contributed by atoms with Crippen LogP contribution in [-0.4, -0.2) is 44.0 Å². The molecule has 3 aromatic rings. The summed E-state index contributed by atoms with van der Waals surface area (Å²) in [5.74, 6) is 1.08. The number of pyridine rings is 1. The minimum Gasteiger partial charge on any atom is -0.459 e. The number of nitrogens with one attached hydrogen (secondary N) is 3. The first-order valence-electron chi connectivity index (χ1n) is 10.9. The molecule has 35 heavy (non-hydrogen) atoms. The summed E-state index contributed by atoms with van der Waals surface area (Å²) in [5.41, 5.74) is 0.856. The fraction of sp³-hybridized carbons (Fsp3) is 0.348. The van der Waals surface area contributed by atoms with Crippen LogP contribution in [0.3, 0.4) is 0 Å². The van der Waals surface area contributed by atoms with Crippen LogP contribution < -0.4 is 20.9 Å². The lowest BCUT2D eigenvalue weighted by molar-refractivity contribution is 0.121. The van der Waals surface area contributed by atoms with Gasteiger partial charge in [0.15, 0.2) is 11.4 Å². The molecule has 0 aromatic carbocycles. The summed E-state index contributed by atoms with van der Waals surface area (Å²) in [6, 6.07) is 2.72. The van der Waals surface area contributed by atoms with E-state index in [1.54, 1.807) is 18.2 Å². The summed E-state index contributed by atoms with van der Waals surface area (Å²) in [6.07, 6.45) is 3.97. The molecule has 0 radical (unpaired) electrons. The second-order valence-electron chi connectivity index (χ2n) is 8.94. The predicted octanol–water partition coefficient (Wildman–Crippen LogP) is 3.13. The SMILES string of the molecule is COCn1nc(C(C)(C)C)cc1NC(=O)NC1=CC=C(Oc2ccnc3[nH]c(=O)cnc23)CC1F. The van der Waals surface area contributed by atoms with E-state index in [1.807, 2.05) is 20.8 Å². The van der Waals surface area contributed by atoms with Gasteiger partial charge in [-0.15, -0.1) is 0 Å². The molecule has 1 aliphatic carbocycles. The molecular weight excluding hydrogens is 457 g/mol.